The van der Waals surface area contributed by atoms with E-state index in [1.54, 1.807) is 16.7 Å². The van der Waals surface area contributed by atoms with E-state index in [0.29, 0.717) is 22.6 Å². The van der Waals surface area contributed by atoms with Crippen molar-refractivity contribution in [2.75, 3.05) is 12.3 Å². The van der Waals surface area contributed by atoms with Crippen LogP contribution in [0, 0.1) is 25.2 Å². The number of aromatic nitrogens is 2. The molecule has 1 amide bonds. The van der Waals surface area contributed by atoms with E-state index in [-0.39, 0.29) is 23.6 Å². The Labute approximate surface area is 167 Å². The summed E-state index contributed by atoms with van der Waals surface area (Å²) in [5.41, 5.74) is 3.18. The molecule has 0 radical (unpaired) electrons. The fraction of sp³-hybridized carbons (Fsp3) is 0.238. The third kappa shape index (κ3) is 4.24. The molecule has 1 N–H and O–H groups in total. The molecule has 0 spiro atoms. The van der Waals surface area contributed by atoms with E-state index in [0.717, 1.165) is 16.8 Å². The number of hydrogen-bond acceptors (Lipinski definition) is 5. The summed E-state index contributed by atoms with van der Waals surface area (Å²) in [6, 6.07) is 15.1. The zero-order chi connectivity index (χ0) is 20.1. The van der Waals surface area contributed by atoms with E-state index in [1.165, 1.54) is 11.8 Å². The van der Waals surface area contributed by atoms with Gasteiger partial charge < -0.3 is 5.32 Å². The lowest BCUT2D eigenvalue weighted by Gasteiger charge is -2.15. The molecule has 0 saturated carbocycles. The molecule has 1 aromatic heterocycles. The second kappa shape index (κ2) is 8.72. The zero-order valence-electron chi connectivity index (χ0n) is 15.7. The van der Waals surface area contributed by atoms with E-state index in [9.17, 15) is 9.59 Å². The number of carbonyl (C=O) groups excluding carboxylic acids is 1. The van der Waals surface area contributed by atoms with Gasteiger partial charge in [-0.05, 0) is 43.2 Å². The Kier molecular flexibility index (Phi) is 6.12. The third-order valence-electron chi connectivity index (χ3n) is 4.24. The Bertz CT molecular complexity index is 1130. The first kappa shape index (κ1) is 19.6. The summed E-state index contributed by atoms with van der Waals surface area (Å²) in [5, 5.41) is 12.3. The Balaban J connectivity index is 2.05. The molecular formula is C21H20N4O2S. The molecule has 28 heavy (non-hydrogen) atoms. The number of fused-ring (bicyclic) bond motifs is 1. The second-order valence-electron chi connectivity index (χ2n) is 6.39. The lowest BCUT2D eigenvalue weighted by atomic mass is 10.1. The molecule has 6 nitrogen and oxygen atoms in total. The largest absolute Gasteiger partial charge is 0.354 e. The second-order valence-corrected chi connectivity index (χ2v) is 7.33. The Morgan fingerprint density at radius 3 is 2.82 bits per heavy atom. The number of nitrogens with zero attached hydrogens (tertiary/aromatic N) is 3. The lowest BCUT2D eigenvalue weighted by Crippen LogP contribution is -2.27. The molecule has 0 saturated heterocycles. The van der Waals surface area contributed by atoms with Gasteiger partial charge in [-0.25, -0.2) is 4.98 Å². The summed E-state index contributed by atoms with van der Waals surface area (Å²) in [7, 11) is 0. The van der Waals surface area contributed by atoms with Crippen molar-refractivity contribution in [1.82, 2.24) is 14.9 Å². The predicted molar refractivity (Wildman–Crippen MR) is 111 cm³/mol. The van der Waals surface area contributed by atoms with Crippen molar-refractivity contribution < 1.29 is 4.79 Å². The van der Waals surface area contributed by atoms with Gasteiger partial charge in [0.25, 0.3) is 5.56 Å². The summed E-state index contributed by atoms with van der Waals surface area (Å²) in [6.07, 6.45) is 0.262. The molecule has 0 unspecified atom stereocenters. The van der Waals surface area contributed by atoms with Crippen LogP contribution in [0.25, 0.3) is 16.6 Å². The molecule has 7 heteroatoms. The van der Waals surface area contributed by atoms with Crippen LogP contribution in [0.1, 0.15) is 17.5 Å². The molecule has 0 aliphatic rings. The number of hydrogen-bond donors (Lipinski definition) is 1. The van der Waals surface area contributed by atoms with Crippen LogP contribution in [0.2, 0.25) is 0 Å². The minimum absolute atomic E-state index is 0.112. The van der Waals surface area contributed by atoms with E-state index in [2.05, 4.69) is 10.3 Å². The first-order valence-corrected chi connectivity index (χ1v) is 9.85. The van der Waals surface area contributed by atoms with Crippen LogP contribution in [0.15, 0.2) is 52.4 Å². The van der Waals surface area contributed by atoms with Crippen molar-refractivity contribution in [3.63, 3.8) is 0 Å². The van der Waals surface area contributed by atoms with Gasteiger partial charge in [0.05, 0.1) is 34.8 Å². The highest BCUT2D eigenvalue weighted by molar-refractivity contribution is 7.99. The molecule has 0 atom stereocenters. The molecule has 2 aromatic carbocycles. The van der Waals surface area contributed by atoms with Gasteiger partial charge in [0, 0.05) is 6.54 Å². The Morgan fingerprint density at radius 2 is 2.04 bits per heavy atom. The van der Waals surface area contributed by atoms with Gasteiger partial charge >= 0.3 is 0 Å². The quantitative estimate of drug-likeness (QED) is 0.396. The van der Waals surface area contributed by atoms with Crippen molar-refractivity contribution in [3.05, 3.63) is 63.9 Å². The summed E-state index contributed by atoms with van der Waals surface area (Å²) >= 11 is 1.21. The molecule has 0 aliphatic heterocycles. The number of amides is 1. The molecule has 3 aromatic rings. The van der Waals surface area contributed by atoms with Crippen LogP contribution < -0.4 is 10.9 Å². The number of thioether (sulfide) groups is 1. The van der Waals surface area contributed by atoms with Gasteiger partial charge in [-0.15, -0.1) is 0 Å². The van der Waals surface area contributed by atoms with Gasteiger partial charge in [0.2, 0.25) is 5.91 Å². The highest BCUT2D eigenvalue weighted by Crippen LogP contribution is 2.23. The summed E-state index contributed by atoms with van der Waals surface area (Å²) in [4.78, 5) is 29.9. The molecule has 3 rings (SSSR count). The molecule has 0 fully saturated rings. The van der Waals surface area contributed by atoms with E-state index >= 15 is 0 Å². The Hall–Kier alpha value is -3.11. The number of aryl methyl sites for hydroxylation is 2. The Morgan fingerprint density at radius 1 is 1.25 bits per heavy atom. The predicted octanol–water partition coefficient (Wildman–Crippen LogP) is 3.12. The maximum Gasteiger partial charge on any atom is 0.266 e. The van der Waals surface area contributed by atoms with Crippen LogP contribution >= 0.6 is 11.8 Å². The summed E-state index contributed by atoms with van der Waals surface area (Å²) in [6.45, 7) is 4.22. The average Bonchev–Trinajstić information content (AvgIpc) is 2.69. The molecule has 1 heterocycles. The number of nitrogens with one attached hydrogen (secondary N) is 1. The van der Waals surface area contributed by atoms with Crippen LogP contribution in [-0.4, -0.2) is 27.8 Å². The number of rotatable bonds is 6. The maximum atomic E-state index is 13.2. The molecule has 0 bridgehead atoms. The van der Waals surface area contributed by atoms with Crippen LogP contribution in [0.4, 0.5) is 0 Å². The highest BCUT2D eigenvalue weighted by Gasteiger charge is 2.16. The minimum atomic E-state index is -0.199. The van der Waals surface area contributed by atoms with Crippen LogP contribution in [0.3, 0.4) is 0 Å². The van der Waals surface area contributed by atoms with E-state index in [4.69, 9.17) is 5.26 Å². The SMILES string of the molecule is Cc1ccc(C)c(-n2c(SCC(=O)NCCC#N)nc3ccccc3c2=O)c1. The molecule has 0 aliphatic carbocycles. The fourth-order valence-electron chi connectivity index (χ4n) is 2.82. The van der Waals surface area contributed by atoms with Crippen molar-refractivity contribution in [3.8, 4) is 11.8 Å². The first-order valence-electron chi connectivity index (χ1n) is 8.87. The van der Waals surface area contributed by atoms with Crippen molar-refractivity contribution >= 4 is 28.6 Å². The third-order valence-corrected chi connectivity index (χ3v) is 5.18. The van der Waals surface area contributed by atoms with Gasteiger partial charge in [0.15, 0.2) is 5.16 Å². The summed E-state index contributed by atoms with van der Waals surface area (Å²) < 4.78 is 1.58. The van der Waals surface area contributed by atoms with Crippen LogP contribution in [0.5, 0.6) is 0 Å². The minimum Gasteiger partial charge on any atom is -0.354 e. The van der Waals surface area contributed by atoms with Gasteiger partial charge in [0.1, 0.15) is 0 Å². The van der Waals surface area contributed by atoms with Crippen LogP contribution in [-0.2, 0) is 4.79 Å². The zero-order valence-corrected chi connectivity index (χ0v) is 16.5. The fourth-order valence-corrected chi connectivity index (χ4v) is 3.66. The number of benzene rings is 2. The first-order chi connectivity index (χ1) is 13.5. The average molecular weight is 392 g/mol. The van der Waals surface area contributed by atoms with Gasteiger partial charge in [-0.1, -0.05) is 36.0 Å². The number of para-hydroxylation sites is 1. The smallest absolute Gasteiger partial charge is 0.266 e. The molecule has 142 valence electrons. The van der Waals surface area contributed by atoms with Crippen molar-refractivity contribution in [1.29, 1.82) is 5.26 Å². The number of carbonyl (C=O) groups is 1. The maximum absolute atomic E-state index is 13.2. The highest BCUT2D eigenvalue weighted by atomic mass is 32.2. The van der Waals surface area contributed by atoms with Gasteiger partial charge in [-0.2, -0.15) is 5.26 Å². The van der Waals surface area contributed by atoms with Crippen molar-refractivity contribution in [2.45, 2.75) is 25.4 Å². The number of nitriles is 1. The topological polar surface area (TPSA) is 87.8 Å². The van der Waals surface area contributed by atoms with E-state index < -0.39 is 0 Å². The normalized spacial score (nSPS) is 10.6. The van der Waals surface area contributed by atoms with Gasteiger partial charge in [-0.3, -0.25) is 14.2 Å². The monoisotopic (exact) mass is 392 g/mol. The standard InChI is InChI=1S/C21H20N4O2S/c1-14-8-9-15(2)18(12-14)25-20(27)16-6-3-4-7-17(16)24-21(25)28-13-19(26)23-11-5-10-22/h3-4,6-9,12H,5,11,13H2,1-2H3,(H,23,26). The summed E-state index contributed by atoms with van der Waals surface area (Å²) in [5.74, 6) is -0.0867. The van der Waals surface area contributed by atoms with E-state index in [1.807, 2.05) is 50.2 Å². The molecular weight excluding hydrogens is 372 g/mol. The van der Waals surface area contributed by atoms with Crippen molar-refractivity contribution in [2.24, 2.45) is 0 Å². The lowest BCUT2D eigenvalue weighted by molar-refractivity contribution is -0.118.